The van der Waals surface area contributed by atoms with Gasteiger partial charge in [0.15, 0.2) is 23.7 Å². The Labute approximate surface area is 190 Å². The predicted octanol–water partition coefficient (Wildman–Crippen LogP) is -0.151. The molecule has 1 aromatic heterocycles. The molecule has 0 aliphatic carbocycles. The molecule has 0 spiro atoms. The minimum atomic E-state index is -5.54. The van der Waals surface area contributed by atoms with Crippen LogP contribution in [-0.4, -0.2) is 64.7 Å². The largest absolute Gasteiger partial charge is 0.488 e. The standard InChI is InChI=1S/C12H19FN5O11P3S/c1-5-7-9(17-11(14)16-5)18(4-15-7)10-12(2,13)8(19)6(27-10)3-26-32(25,33)29-31(23,24)28-30(20,21)22/h4,6,8,10,19H,1,3H2,2H3,(H,23,24)(H,25,33)(H3,14,16,17)(H2,20,21,22)/t6-,8-,10-,12-,32?/m1/s1. The summed E-state index contributed by atoms with van der Waals surface area (Å²) in [5, 5.41) is 13.0. The van der Waals surface area contributed by atoms with Crippen LogP contribution in [0.15, 0.2) is 17.9 Å². The van der Waals surface area contributed by atoms with E-state index in [1.54, 1.807) is 0 Å². The van der Waals surface area contributed by atoms with Gasteiger partial charge >= 0.3 is 22.4 Å². The van der Waals surface area contributed by atoms with E-state index in [1.165, 1.54) is 6.33 Å². The lowest BCUT2D eigenvalue weighted by atomic mass is 9.98. The van der Waals surface area contributed by atoms with Gasteiger partial charge in [-0.3, -0.25) is 4.57 Å². The first kappa shape index (κ1) is 26.5. The smallest absolute Gasteiger partial charge is 0.387 e. The molecule has 3 rings (SSSR count). The van der Waals surface area contributed by atoms with E-state index in [0.29, 0.717) is 5.70 Å². The van der Waals surface area contributed by atoms with Gasteiger partial charge in [-0.2, -0.15) is 9.30 Å². The van der Waals surface area contributed by atoms with E-state index >= 15 is 4.39 Å². The SMILES string of the molecule is C=C1NC(N)=Nc2c1ncn2[C@@H]1O[C@H](COP(O)(=S)OP(=O)(O)OP(=O)(O)O)[C@@H](O)[C@@]1(C)F. The monoisotopic (exact) mass is 553 g/mol. The van der Waals surface area contributed by atoms with E-state index in [1.807, 2.05) is 0 Å². The Kier molecular flexibility index (Phi) is 7.10. The number of phosphoric acid groups is 2. The fourth-order valence-electron chi connectivity index (χ4n) is 3.03. The molecule has 0 aromatic carbocycles. The Bertz CT molecular complexity index is 1140. The van der Waals surface area contributed by atoms with Gasteiger partial charge in [0, 0.05) is 0 Å². The quantitative estimate of drug-likeness (QED) is 0.207. The summed E-state index contributed by atoms with van der Waals surface area (Å²) in [5.74, 6) is 0.0441. The first-order valence-electron chi connectivity index (χ1n) is 8.60. The lowest BCUT2D eigenvalue weighted by Crippen LogP contribution is -2.40. The van der Waals surface area contributed by atoms with Gasteiger partial charge in [-0.15, -0.1) is 0 Å². The number of rotatable bonds is 8. The molecule has 6 atom stereocenters. The van der Waals surface area contributed by atoms with E-state index < -0.39 is 53.1 Å². The molecular weight excluding hydrogens is 534 g/mol. The molecule has 2 aliphatic rings. The lowest BCUT2D eigenvalue weighted by molar-refractivity contribution is -0.0558. The summed E-state index contributed by atoms with van der Waals surface area (Å²) >= 11 is 4.49. The number of aromatic nitrogens is 2. The number of nitrogens with one attached hydrogen (secondary N) is 1. The number of guanidine groups is 1. The minimum absolute atomic E-state index is 0.0442. The molecule has 0 radical (unpaired) electrons. The normalized spacial score (nSPS) is 31.3. The summed E-state index contributed by atoms with van der Waals surface area (Å²) in [7, 11) is -11.0. The molecule has 2 aliphatic heterocycles. The van der Waals surface area contributed by atoms with Crippen LogP contribution in [-0.2, 0) is 38.8 Å². The zero-order chi connectivity index (χ0) is 25.0. The second-order valence-corrected chi connectivity index (χ2v) is 12.7. The number of ether oxygens (including phenoxy) is 1. The van der Waals surface area contributed by atoms with Crippen LogP contribution in [0.4, 0.5) is 10.2 Å². The third-order valence-electron chi connectivity index (χ3n) is 4.35. The molecule has 1 aromatic rings. The average Bonchev–Trinajstić information content (AvgIpc) is 3.10. The summed E-state index contributed by atoms with van der Waals surface area (Å²) in [6.45, 7) is -0.796. The molecule has 3 heterocycles. The van der Waals surface area contributed by atoms with Crippen LogP contribution in [0, 0.1) is 0 Å². The number of nitrogens with two attached hydrogens (primary N) is 1. The highest BCUT2D eigenvalue weighted by Crippen LogP contribution is 2.66. The van der Waals surface area contributed by atoms with Crippen molar-refractivity contribution in [1.29, 1.82) is 0 Å². The Hall–Kier alpha value is -1.10. The first-order chi connectivity index (χ1) is 14.9. The van der Waals surface area contributed by atoms with E-state index in [0.717, 1.165) is 11.5 Å². The van der Waals surface area contributed by atoms with Crippen molar-refractivity contribution in [2.24, 2.45) is 10.7 Å². The zero-order valence-electron chi connectivity index (χ0n) is 16.5. The lowest BCUT2D eigenvalue weighted by Gasteiger charge is -2.26. The Morgan fingerprint density at radius 3 is 2.64 bits per heavy atom. The van der Waals surface area contributed by atoms with Crippen molar-refractivity contribution in [3.8, 4) is 0 Å². The molecule has 0 saturated carbocycles. The molecule has 33 heavy (non-hydrogen) atoms. The molecule has 1 saturated heterocycles. The minimum Gasteiger partial charge on any atom is -0.387 e. The number of aliphatic hydroxyl groups is 1. The third kappa shape index (κ3) is 5.94. The van der Waals surface area contributed by atoms with Crippen LogP contribution in [0.5, 0.6) is 0 Å². The molecular formula is C12H19FN5O11P3S. The highest BCUT2D eigenvalue weighted by atomic mass is 32.5. The van der Waals surface area contributed by atoms with Crippen LogP contribution in [0.2, 0.25) is 0 Å². The van der Waals surface area contributed by atoms with Crippen LogP contribution in [0.1, 0.15) is 18.8 Å². The van der Waals surface area contributed by atoms with Gasteiger partial charge in [-0.1, -0.05) is 6.58 Å². The fraction of sp³-hybridized carbons (Fsp3) is 0.500. The van der Waals surface area contributed by atoms with Gasteiger partial charge in [0.2, 0.25) is 0 Å². The molecule has 21 heteroatoms. The van der Waals surface area contributed by atoms with Gasteiger partial charge in [0.05, 0.1) is 18.6 Å². The van der Waals surface area contributed by atoms with Crippen molar-refractivity contribution in [3.05, 3.63) is 18.6 Å². The molecule has 1 fully saturated rings. The van der Waals surface area contributed by atoms with Gasteiger partial charge in [-0.25, -0.2) is 22.8 Å². The summed E-state index contributed by atoms with van der Waals surface area (Å²) in [6, 6.07) is 0. The van der Waals surface area contributed by atoms with Crippen LogP contribution < -0.4 is 11.1 Å². The molecule has 16 nitrogen and oxygen atoms in total. The second kappa shape index (κ2) is 8.84. The van der Waals surface area contributed by atoms with E-state index in [9.17, 15) is 24.0 Å². The Morgan fingerprint density at radius 2 is 2.03 bits per heavy atom. The fourth-order valence-corrected chi connectivity index (χ4v) is 7.00. The van der Waals surface area contributed by atoms with E-state index in [4.69, 9.17) is 24.8 Å². The van der Waals surface area contributed by atoms with Crippen LogP contribution in [0.3, 0.4) is 0 Å². The van der Waals surface area contributed by atoms with Gasteiger partial charge in [0.1, 0.15) is 17.9 Å². The van der Waals surface area contributed by atoms with Crippen molar-refractivity contribution < 1.29 is 56.1 Å². The third-order valence-corrected chi connectivity index (χ3v) is 9.07. The first-order valence-corrected chi connectivity index (χ1v) is 14.2. The maximum atomic E-state index is 15.4. The van der Waals surface area contributed by atoms with Crippen molar-refractivity contribution in [2.45, 2.75) is 31.0 Å². The van der Waals surface area contributed by atoms with Crippen molar-refractivity contribution in [3.63, 3.8) is 0 Å². The number of hydrogen-bond acceptors (Lipinski definition) is 12. The van der Waals surface area contributed by atoms with Gasteiger partial charge < -0.3 is 45.0 Å². The Morgan fingerprint density at radius 1 is 1.39 bits per heavy atom. The summed E-state index contributed by atoms with van der Waals surface area (Å²) in [4.78, 5) is 44.5. The zero-order valence-corrected chi connectivity index (χ0v) is 20.0. The van der Waals surface area contributed by atoms with E-state index in [2.05, 4.69) is 42.3 Å². The van der Waals surface area contributed by atoms with Crippen molar-refractivity contribution >= 4 is 51.6 Å². The molecule has 2 unspecified atom stereocenters. The summed E-state index contributed by atoms with van der Waals surface area (Å²) in [5.41, 5.74) is 3.73. The van der Waals surface area contributed by atoms with E-state index in [-0.39, 0.29) is 17.5 Å². The van der Waals surface area contributed by atoms with Crippen LogP contribution in [0.25, 0.3) is 5.70 Å². The second-order valence-electron chi connectivity index (χ2n) is 6.93. The molecule has 0 bridgehead atoms. The Balaban J connectivity index is 1.75. The maximum absolute atomic E-state index is 15.4. The number of alkyl halides is 1. The number of nitrogens with zero attached hydrogens (tertiary/aromatic N) is 3. The van der Waals surface area contributed by atoms with Gasteiger partial charge in [-0.05, 0) is 18.7 Å². The van der Waals surface area contributed by atoms with Crippen LogP contribution >= 0.6 is 22.4 Å². The molecule has 8 N–H and O–H groups in total. The highest BCUT2D eigenvalue weighted by molar-refractivity contribution is 8.08. The molecule has 0 amide bonds. The summed E-state index contributed by atoms with van der Waals surface area (Å²) < 4.78 is 56.7. The number of aliphatic hydroxyl groups excluding tert-OH is 1. The van der Waals surface area contributed by atoms with Crippen molar-refractivity contribution in [2.75, 3.05) is 6.61 Å². The predicted molar refractivity (Wildman–Crippen MR) is 112 cm³/mol. The number of fused-ring (bicyclic) bond motifs is 1. The van der Waals surface area contributed by atoms with Gasteiger partial charge in [0.25, 0.3) is 0 Å². The number of halogens is 1. The summed E-state index contributed by atoms with van der Waals surface area (Å²) in [6.07, 6.45) is -3.69. The average molecular weight is 553 g/mol. The highest BCUT2D eigenvalue weighted by Gasteiger charge is 2.56. The number of imidazole rings is 1. The maximum Gasteiger partial charge on any atom is 0.488 e. The number of hydrogen-bond donors (Lipinski definition) is 7. The van der Waals surface area contributed by atoms with Crippen molar-refractivity contribution in [1.82, 2.24) is 14.9 Å². The number of aliphatic imine (C=N–C) groups is 1. The molecule has 186 valence electrons. The topological polar surface area (TPSA) is 240 Å².